The zero-order valence-corrected chi connectivity index (χ0v) is 12.6. The van der Waals surface area contributed by atoms with E-state index in [2.05, 4.69) is 4.98 Å². The Morgan fingerprint density at radius 1 is 1.38 bits per heavy atom. The van der Waals surface area contributed by atoms with Crippen molar-refractivity contribution < 1.29 is 19.1 Å². The van der Waals surface area contributed by atoms with Gasteiger partial charge in [0.1, 0.15) is 11.5 Å². The average molecular weight is 289 g/mol. The first kappa shape index (κ1) is 15.1. The van der Waals surface area contributed by atoms with Gasteiger partial charge in [-0.05, 0) is 24.6 Å². The Balaban J connectivity index is 2.11. The van der Waals surface area contributed by atoms with Gasteiger partial charge in [0, 0.05) is 5.41 Å². The highest BCUT2D eigenvalue weighted by Gasteiger charge is 2.19. The van der Waals surface area contributed by atoms with Gasteiger partial charge in [-0.3, -0.25) is 0 Å². The van der Waals surface area contributed by atoms with Crippen LogP contribution in [0.15, 0.2) is 28.8 Å². The van der Waals surface area contributed by atoms with Crippen LogP contribution >= 0.6 is 0 Å². The van der Waals surface area contributed by atoms with Crippen LogP contribution < -0.4 is 4.74 Å². The van der Waals surface area contributed by atoms with E-state index < -0.39 is 5.97 Å². The molecule has 2 aromatic rings. The lowest BCUT2D eigenvalue weighted by Gasteiger charge is -2.13. The fourth-order valence-corrected chi connectivity index (χ4v) is 1.75. The van der Waals surface area contributed by atoms with E-state index in [0.29, 0.717) is 11.6 Å². The van der Waals surface area contributed by atoms with Gasteiger partial charge in [-0.25, -0.2) is 9.78 Å². The van der Waals surface area contributed by atoms with Gasteiger partial charge in [0.15, 0.2) is 6.61 Å². The van der Waals surface area contributed by atoms with Crippen LogP contribution in [0.2, 0.25) is 0 Å². The number of rotatable bonds is 4. The largest absolute Gasteiger partial charge is 0.484 e. The summed E-state index contributed by atoms with van der Waals surface area (Å²) in [5.41, 5.74) is 0.950. The first-order valence-corrected chi connectivity index (χ1v) is 6.69. The van der Waals surface area contributed by atoms with E-state index in [1.807, 2.05) is 27.7 Å². The van der Waals surface area contributed by atoms with E-state index >= 15 is 0 Å². The topological polar surface area (TPSA) is 72.6 Å². The number of aryl methyl sites for hydroxylation is 1. The quantitative estimate of drug-likeness (QED) is 0.931. The molecule has 1 aromatic heterocycles. The monoisotopic (exact) mass is 289 g/mol. The minimum atomic E-state index is -0.981. The van der Waals surface area contributed by atoms with E-state index in [4.69, 9.17) is 14.3 Å². The van der Waals surface area contributed by atoms with Crippen molar-refractivity contribution in [3.8, 4) is 5.75 Å². The first-order valence-electron chi connectivity index (χ1n) is 6.69. The fraction of sp³-hybridized carbons (Fsp3) is 0.375. The second kappa shape index (κ2) is 5.60. The standard InChI is InChI=1S/C16H19NO4/c1-10-5-6-11(15(18)19)7-12(10)20-9-14-17-8-13(21-14)16(2,3)4/h5-8H,9H2,1-4H3,(H,18,19). The molecule has 0 aliphatic rings. The summed E-state index contributed by atoms with van der Waals surface area (Å²) in [6.45, 7) is 8.15. The molecule has 0 spiro atoms. The highest BCUT2D eigenvalue weighted by Crippen LogP contribution is 2.24. The average Bonchev–Trinajstić information content (AvgIpc) is 2.86. The molecule has 0 aliphatic carbocycles. The number of carbonyl (C=O) groups is 1. The molecule has 1 aromatic carbocycles. The molecular weight excluding hydrogens is 270 g/mol. The van der Waals surface area contributed by atoms with Crippen molar-refractivity contribution in [2.24, 2.45) is 0 Å². The highest BCUT2D eigenvalue weighted by atomic mass is 16.5. The SMILES string of the molecule is Cc1ccc(C(=O)O)cc1OCc1ncc(C(C)(C)C)o1. The molecule has 21 heavy (non-hydrogen) atoms. The van der Waals surface area contributed by atoms with E-state index in [9.17, 15) is 4.79 Å². The molecule has 0 radical (unpaired) electrons. The van der Waals surface area contributed by atoms with Crippen LogP contribution in [-0.2, 0) is 12.0 Å². The van der Waals surface area contributed by atoms with Crippen molar-refractivity contribution in [3.05, 3.63) is 47.2 Å². The number of nitrogens with zero attached hydrogens (tertiary/aromatic N) is 1. The summed E-state index contributed by atoms with van der Waals surface area (Å²) in [5, 5.41) is 8.99. The number of ether oxygens (including phenoxy) is 1. The maximum absolute atomic E-state index is 11.0. The van der Waals surface area contributed by atoms with Crippen LogP contribution in [0.25, 0.3) is 0 Å². The van der Waals surface area contributed by atoms with E-state index in [-0.39, 0.29) is 17.6 Å². The number of benzene rings is 1. The second-order valence-corrected chi connectivity index (χ2v) is 5.94. The molecule has 5 heteroatoms. The lowest BCUT2D eigenvalue weighted by atomic mass is 9.94. The van der Waals surface area contributed by atoms with Crippen molar-refractivity contribution in [2.45, 2.75) is 39.7 Å². The molecular formula is C16H19NO4. The van der Waals surface area contributed by atoms with E-state index in [1.165, 1.54) is 6.07 Å². The van der Waals surface area contributed by atoms with Crippen LogP contribution in [0, 0.1) is 6.92 Å². The van der Waals surface area contributed by atoms with Crippen LogP contribution in [0.4, 0.5) is 0 Å². The molecule has 0 atom stereocenters. The lowest BCUT2D eigenvalue weighted by Crippen LogP contribution is -2.09. The normalized spacial score (nSPS) is 11.4. The molecule has 5 nitrogen and oxygen atoms in total. The number of hydrogen-bond donors (Lipinski definition) is 1. The van der Waals surface area contributed by atoms with Crippen molar-refractivity contribution in [3.63, 3.8) is 0 Å². The minimum absolute atomic E-state index is 0.107. The Hall–Kier alpha value is -2.30. The Labute approximate surface area is 123 Å². The molecule has 0 fully saturated rings. The first-order chi connectivity index (χ1) is 9.77. The number of aromatic nitrogens is 1. The van der Waals surface area contributed by atoms with Gasteiger partial charge < -0.3 is 14.3 Å². The molecule has 0 unspecified atom stereocenters. The zero-order chi connectivity index (χ0) is 15.6. The Morgan fingerprint density at radius 2 is 2.10 bits per heavy atom. The van der Waals surface area contributed by atoms with Gasteiger partial charge >= 0.3 is 5.97 Å². The molecule has 0 amide bonds. The van der Waals surface area contributed by atoms with Crippen molar-refractivity contribution in [1.82, 2.24) is 4.98 Å². The van der Waals surface area contributed by atoms with Gasteiger partial charge in [-0.2, -0.15) is 0 Å². The highest BCUT2D eigenvalue weighted by molar-refractivity contribution is 5.88. The van der Waals surface area contributed by atoms with Gasteiger partial charge in [-0.15, -0.1) is 0 Å². The van der Waals surface area contributed by atoms with E-state index in [1.54, 1.807) is 18.3 Å². The van der Waals surface area contributed by atoms with Crippen LogP contribution in [-0.4, -0.2) is 16.1 Å². The third-order valence-electron chi connectivity index (χ3n) is 3.08. The summed E-state index contributed by atoms with van der Waals surface area (Å²) < 4.78 is 11.3. The molecule has 1 N–H and O–H groups in total. The number of aromatic carboxylic acids is 1. The predicted octanol–water partition coefficient (Wildman–Crippen LogP) is 3.56. The fourth-order valence-electron chi connectivity index (χ4n) is 1.75. The second-order valence-electron chi connectivity index (χ2n) is 5.94. The lowest BCUT2D eigenvalue weighted by molar-refractivity contribution is 0.0696. The Kier molecular flexibility index (Phi) is 4.02. The molecule has 0 bridgehead atoms. The molecule has 0 saturated heterocycles. The molecule has 2 rings (SSSR count). The van der Waals surface area contributed by atoms with E-state index in [0.717, 1.165) is 11.3 Å². The summed E-state index contributed by atoms with van der Waals surface area (Å²) in [7, 11) is 0. The molecule has 112 valence electrons. The van der Waals surface area contributed by atoms with Crippen molar-refractivity contribution >= 4 is 5.97 Å². The summed E-state index contributed by atoms with van der Waals surface area (Å²) in [6.07, 6.45) is 1.69. The Morgan fingerprint density at radius 3 is 2.67 bits per heavy atom. The maximum Gasteiger partial charge on any atom is 0.335 e. The predicted molar refractivity (Wildman–Crippen MR) is 77.7 cm³/mol. The maximum atomic E-state index is 11.0. The molecule has 1 heterocycles. The molecule has 0 aliphatic heterocycles. The minimum Gasteiger partial charge on any atom is -0.484 e. The molecule has 0 saturated carbocycles. The number of carboxylic acids is 1. The van der Waals surface area contributed by atoms with Crippen molar-refractivity contribution in [1.29, 1.82) is 0 Å². The van der Waals surface area contributed by atoms with Crippen LogP contribution in [0.3, 0.4) is 0 Å². The van der Waals surface area contributed by atoms with Crippen LogP contribution in [0.5, 0.6) is 5.75 Å². The third-order valence-corrected chi connectivity index (χ3v) is 3.08. The summed E-state index contributed by atoms with van der Waals surface area (Å²) in [4.78, 5) is 15.1. The third kappa shape index (κ3) is 3.62. The van der Waals surface area contributed by atoms with Crippen molar-refractivity contribution in [2.75, 3.05) is 0 Å². The number of carboxylic acid groups (broad SMARTS) is 1. The Bertz CT molecular complexity index is 653. The summed E-state index contributed by atoms with van der Waals surface area (Å²) >= 11 is 0. The number of oxazole rings is 1. The summed E-state index contributed by atoms with van der Waals surface area (Å²) in [6, 6.07) is 4.77. The van der Waals surface area contributed by atoms with Gasteiger partial charge in [-0.1, -0.05) is 26.8 Å². The van der Waals surface area contributed by atoms with Gasteiger partial charge in [0.05, 0.1) is 11.8 Å². The van der Waals surface area contributed by atoms with Crippen LogP contribution in [0.1, 0.15) is 48.3 Å². The summed E-state index contributed by atoms with van der Waals surface area (Å²) in [5.74, 6) is 0.800. The smallest absolute Gasteiger partial charge is 0.335 e. The van der Waals surface area contributed by atoms with Gasteiger partial charge in [0.25, 0.3) is 0 Å². The number of hydrogen-bond acceptors (Lipinski definition) is 4. The zero-order valence-electron chi connectivity index (χ0n) is 12.6. The van der Waals surface area contributed by atoms with Gasteiger partial charge in [0.2, 0.25) is 5.89 Å².